The van der Waals surface area contributed by atoms with Crippen molar-refractivity contribution in [1.82, 2.24) is 0 Å². The van der Waals surface area contributed by atoms with Gasteiger partial charge in [0.15, 0.2) is 5.25 Å². The third kappa shape index (κ3) is 18.1. The van der Waals surface area contributed by atoms with Crippen molar-refractivity contribution in [2.45, 2.75) is 128 Å². The topological polar surface area (TPSA) is 118 Å². The van der Waals surface area contributed by atoms with Crippen LogP contribution in [0, 0.1) is 0 Å². The molecule has 0 aliphatic rings. The molecule has 208 valence electrons. The summed E-state index contributed by atoms with van der Waals surface area (Å²) in [6.45, 7) is 2.25. The van der Waals surface area contributed by atoms with Crippen LogP contribution in [-0.2, 0) is 26.1 Å². The van der Waals surface area contributed by atoms with Crippen molar-refractivity contribution in [3.8, 4) is 5.75 Å². The van der Waals surface area contributed by atoms with Gasteiger partial charge in [0, 0.05) is 0 Å². The molecule has 1 unspecified atom stereocenters. The Morgan fingerprint density at radius 2 is 1.22 bits per heavy atom. The molecule has 1 rings (SSSR count). The van der Waals surface area contributed by atoms with E-state index in [0.29, 0.717) is 6.42 Å². The number of para-hydroxylation sites is 1. The van der Waals surface area contributed by atoms with Crippen LogP contribution >= 0.6 is 0 Å². The van der Waals surface area contributed by atoms with E-state index < -0.39 is 33.7 Å². The summed E-state index contributed by atoms with van der Waals surface area (Å²) in [6, 6.07) is 6.80. The Morgan fingerprint density at radius 3 is 1.65 bits per heavy atom. The van der Waals surface area contributed by atoms with E-state index in [2.05, 4.69) is 6.92 Å². The van der Waals surface area contributed by atoms with Gasteiger partial charge in [-0.3, -0.25) is 14.1 Å². The fourth-order valence-electron chi connectivity index (χ4n) is 4.32. The van der Waals surface area contributed by atoms with Gasteiger partial charge in [-0.2, -0.15) is 8.42 Å². The molecule has 0 bridgehead atoms. The van der Waals surface area contributed by atoms with Crippen LogP contribution in [0.3, 0.4) is 0 Å². The van der Waals surface area contributed by atoms with Gasteiger partial charge in [-0.15, -0.1) is 0 Å². The first kappa shape index (κ1) is 36.1. The molecule has 0 saturated heterocycles. The molecule has 7 nitrogen and oxygen atoms in total. The summed E-state index contributed by atoms with van der Waals surface area (Å²) in [5.41, 5.74) is 0.751. The molecule has 0 aromatic heterocycles. The van der Waals surface area contributed by atoms with E-state index in [4.69, 9.17) is 9.84 Å². The van der Waals surface area contributed by atoms with Gasteiger partial charge in [0.05, 0.1) is 6.42 Å². The van der Waals surface area contributed by atoms with E-state index >= 15 is 0 Å². The number of rotatable bonds is 22. The number of ether oxygens (including phenoxy) is 1. The molecule has 0 fully saturated rings. The maximum atomic E-state index is 12.2. The fraction of sp³-hybridized carbons (Fsp3) is 0.714. The number of hydrogen-bond acceptors (Lipinski definition) is 5. The first-order chi connectivity index (χ1) is 17.3. The summed E-state index contributed by atoms with van der Waals surface area (Å²) in [5, 5.41) is 6.69. The van der Waals surface area contributed by atoms with E-state index in [9.17, 15) is 22.6 Å². The van der Waals surface area contributed by atoms with Crippen LogP contribution in [0.15, 0.2) is 24.3 Å². The number of unbranched alkanes of at least 4 members (excludes halogenated alkanes) is 15. The first-order valence-corrected chi connectivity index (χ1v) is 15.2. The zero-order valence-corrected chi connectivity index (χ0v) is 22.8. The third-order valence-electron chi connectivity index (χ3n) is 6.47. The number of esters is 1. The number of carboxylic acid groups (broad SMARTS) is 1. The average molecular weight is 551 g/mol. The minimum absolute atomic E-state index is 0. The SMILES string of the molecule is CCCCCCCCCCCCCCCCCCc1ccccc1OC(=O)C(CC(=O)O)S(=O)(=O)O.[NaH]. The first-order valence-electron chi connectivity index (χ1n) is 13.7. The Morgan fingerprint density at radius 1 is 0.784 bits per heavy atom. The molecular formula is C28H47NaO7S. The van der Waals surface area contributed by atoms with Crippen molar-refractivity contribution >= 4 is 51.6 Å². The number of carbonyl (C=O) groups is 2. The van der Waals surface area contributed by atoms with Gasteiger partial charge in [0.2, 0.25) is 0 Å². The zero-order valence-electron chi connectivity index (χ0n) is 22.0. The molecule has 0 amide bonds. The van der Waals surface area contributed by atoms with E-state index in [-0.39, 0.29) is 35.3 Å². The van der Waals surface area contributed by atoms with Crippen LogP contribution in [0.4, 0.5) is 0 Å². The van der Waals surface area contributed by atoms with Crippen LogP contribution in [0.5, 0.6) is 5.75 Å². The van der Waals surface area contributed by atoms with Crippen molar-refractivity contribution < 1.29 is 32.4 Å². The second-order valence-corrected chi connectivity index (χ2v) is 11.3. The van der Waals surface area contributed by atoms with Crippen molar-refractivity contribution in [3.05, 3.63) is 29.8 Å². The zero-order chi connectivity index (χ0) is 26.7. The van der Waals surface area contributed by atoms with E-state index in [1.807, 2.05) is 0 Å². The molecule has 1 atom stereocenters. The van der Waals surface area contributed by atoms with Gasteiger partial charge in [-0.25, -0.2) is 0 Å². The van der Waals surface area contributed by atoms with Crippen molar-refractivity contribution in [1.29, 1.82) is 0 Å². The molecule has 0 heterocycles. The molecule has 9 heteroatoms. The number of hydrogen-bond donors (Lipinski definition) is 2. The van der Waals surface area contributed by atoms with Gasteiger partial charge in [-0.05, 0) is 24.5 Å². The number of carboxylic acids is 1. The van der Waals surface area contributed by atoms with Gasteiger partial charge in [0.25, 0.3) is 10.1 Å². The van der Waals surface area contributed by atoms with Crippen molar-refractivity contribution in [3.63, 3.8) is 0 Å². The molecule has 0 aliphatic heterocycles. The van der Waals surface area contributed by atoms with Crippen LogP contribution in [0.25, 0.3) is 0 Å². The normalized spacial score (nSPS) is 12.1. The summed E-state index contributed by atoms with van der Waals surface area (Å²) in [7, 11) is -4.89. The fourth-order valence-corrected chi connectivity index (χ4v) is 4.96. The monoisotopic (exact) mass is 550 g/mol. The summed E-state index contributed by atoms with van der Waals surface area (Å²) >= 11 is 0. The quantitative estimate of drug-likeness (QED) is 0.0558. The molecule has 0 aliphatic carbocycles. The average Bonchev–Trinajstić information content (AvgIpc) is 2.82. The summed E-state index contributed by atoms with van der Waals surface area (Å²) in [6.07, 6.45) is 20.1. The maximum absolute atomic E-state index is 12.2. The molecule has 0 spiro atoms. The molecule has 1 aromatic carbocycles. The van der Waals surface area contributed by atoms with E-state index in [0.717, 1.165) is 24.8 Å². The second kappa shape index (κ2) is 21.9. The molecule has 2 N–H and O–H groups in total. The van der Waals surface area contributed by atoms with Crippen LogP contribution < -0.4 is 4.74 Å². The van der Waals surface area contributed by atoms with Crippen LogP contribution in [-0.4, -0.2) is 64.8 Å². The minimum atomic E-state index is -4.89. The number of carbonyl (C=O) groups excluding carboxylic acids is 1. The number of aliphatic carboxylic acids is 1. The molecule has 1 aromatic rings. The molecular weight excluding hydrogens is 503 g/mol. The van der Waals surface area contributed by atoms with Gasteiger partial charge >= 0.3 is 41.5 Å². The van der Waals surface area contributed by atoms with E-state index in [1.165, 1.54) is 83.5 Å². The summed E-state index contributed by atoms with van der Waals surface area (Å²) in [5.74, 6) is -2.61. The van der Waals surface area contributed by atoms with E-state index in [1.54, 1.807) is 24.3 Å². The summed E-state index contributed by atoms with van der Waals surface area (Å²) < 4.78 is 37.2. The Hall–Kier alpha value is -0.930. The summed E-state index contributed by atoms with van der Waals surface area (Å²) in [4.78, 5) is 23.1. The molecule has 0 radical (unpaired) electrons. The van der Waals surface area contributed by atoms with Gasteiger partial charge < -0.3 is 9.84 Å². The Kier molecular flexibility index (Phi) is 21.4. The van der Waals surface area contributed by atoms with Crippen LogP contribution in [0.2, 0.25) is 0 Å². The molecule has 0 saturated carbocycles. The standard InChI is InChI=1S/C28H46O7S.Na.H/c1-2-3-4-5-6-7-8-9-10-11-12-13-14-15-16-17-20-24-21-18-19-22-25(24)35-28(31)26(23-27(29)30)36(32,33)34;;/h18-19,21-22,26H,2-17,20,23H2,1H3,(H,29,30)(H,32,33,34);;. The van der Waals surface area contributed by atoms with Crippen molar-refractivity contribution in [2.75, 3.05) is 0 Å². The van der Waals surface area contributed by atoms with Gasteiger partial charge in [-0.1, -0.05) is 121 Å². The number of aryl methyl sites for hydroxylation is 1. The predicted octanol–water partition coefficient (Wildman–Crippen LogP) is 6.48. The number of benzene rings is 1. The van der Waals surface area contributed by atoms with Crippen molar-refractivity contribution in [2.24, 2.45) is 0 Å². The Bertz CT molecular complexity index is 858. The predicted molar refractivity (Wildman–Crippen MR) is 150 cm³/mol. The van der Waals surface area contributed by atoms with Crippen LogP contribution in [0.1, 0.15) is 122 Å². The third-order valence-corrected chi connectivity index (χ3v) is 7.54. The Balaban J connectivity index is 0.0000130. The Labute approximate surface area is 246 Å². The van der Waals surface area contributed by atoms with Gasteiger partial charge in [0.1, 0.15) is 5.75 Å². The second-order valence-electron chi connectivity index (χ2n) is 9.68. The molecule has 37 heavy (non-hydrogen) atoms.